The van der Waals surface area contributed by atoms with E-state index in [-0.39, 0.29) is 16.0 Å². The minimum Gasteiger partial charge on any atom is -0.506 e. The van der Waals surface area contributed by atoms with E-state index in [0.717, 1.165) is 5.56 Å². The van der Waals surface area contributed by atoms with Crippen LogP contribution in [0.5, 0.6) is 5.75 Å². The molecule has 1 heterocycles. The van der Waals surface area contributed by atoms with E-state index in [1.807, 2.05) is 19.1 Å². The number of rotatable bonds is 2. The highest BCUT2D eigenvalue weighted by molar-refractivity contribution is 6.36. The van der Waals surface area contributed by atoms with Crippen molar-refractivity contribution in [2.45, 2.75) is 6.92 Å². The number of pyridine rings is 1. The zero-order chi connectivity index (χ0) is 17.4. The van der Waals surface area contributed by atoms with E-state index in [0.29, 0.717) is 11.2 Å². The second-order valence-electron chi connectivity index (χ2n) is 5.54. The number of carbonyl (C=O) groups is 1. The third-order valence-corrected chi connectivity index (χ3v) is 4.20. The van der Waals surface area contributed by atoms with Gasteiger partial charge in [0.15, 0.2) is 0 Å². The quantitative estimate of drug-likeness (QED) is 0.749. The molecule has 0 unspecified atom stereocenters. The molecule has 6 heteroatoms. The molecule has 1 aromatic heterocycles. The predicted octanol–water partition coefficient (Wildman–Crippen LogP) is 3.46. The third-order valence-electron chi connectivity index (χ3n) is 3.88. The molecule has 3 rings (SSSR count). The van der Waals surface area contributed by atoms with Crippen LogP contribution < -0.4 is 10.9 Å². The first-order chi connectivity index (χ1) is 11.4. The lowest BCUT2D eigenvalue weighted by atomic mass is 10.1. The number of carbonyl (C=O) groups excluding carboxylic acids is 1. The highest BCUT2D eigenvalue weighted by Crippen LogP contribution is 2.32. The normalized spacial score (nSPS) is 10.8. The number of fused-ring (bicyclic) bond motifs is 1. The Morgan fingerprint density at radius 2 is 1.83 bits per heavy atom. The summed E-state index contributed by atoms with van der Waals surface area (Å²) in [6.45, 7) is 1.93. The van der Waals surface area contributed by atoms with Crippen molar-refractivity contribution >= 4 is 34.1 Å². The van der Waals surface area contributed by atoms with Gasteiger partial charge in [-0.3, -0.25) is 9.59 Å². The first-order valence-electron chi connectivity index (χ1n) is 7.28. The van der Waals surface area contributed by atoms with E-state index >= 15 is 0 Å². The van der Waals surface area contributed by atoms with Gasteiger partial charge in [0.2, 0.25) is 0 Å². The summed E-state index contributed by atoms with van der Waals surface area (Å²) in [6, 6.07) is 12.1. The molecule has 0 spiro atoms. The van der Waals surface area contributed by atoms with Crippen LogP contribution in [-0.4, -0.2) is 15.6 Å². The van der Waals surface area contributed by atoms with E-state index in [4.69, 9.17) is 11.6 Å². The molecule has 0 fully saturated rings. The van der Waals surface area contributed by atoms with Crippen molar-refractivity contribution in [3.8, 4) is 5.75 Å². The van der Waals surface area contributed by atoms with Crippen molar-refractivity contribution < 1.29 is 9.90 Å². The topological polar surface area (TPSA) is 71.3 Å². The van der Waals surface area contributed by atoms with Crippen LogP contribution in [0.1, 0.15) is 15.9 Å². The maximum Gasteiger partial charge on any atom is 0.267 e. The van der Waals surface area contributed by atoms with Crippen molar-refractivity contribution in [3.63, 3.8) is 0 Å². The number of anilines is 1. The number of amides is 1. The summed E-state index contributed by atoms with van der Waals surface area (Å²) >= 11 is 6.13. The number of nitrogens with one attached hydrogen (secondary N) is 1. The summed E-state index contributed by atoms with van der Waals surface area (Å²) in [4.78, 5) is 25.0. The van der Waals surface area contributed by atoms with E-state index in [1.54, 1.807) is 30.3 Å². The van der Waals surface area contributed by atoms with Gasteiger partial charge in [-0.05, 0) is 31.2 Å². The van der Waals surface area contributed by atoms with E-state index in [1.165, 1.54) is 11.6 Å². The Kier molecular flexibility index (Phi) is 4.03. The van der Waals surface area contributed by atoms with Crippen molar-refractivity contribution in [1.82, 2.24) is 4.57 Å². The molecule has 3 aromatic rings. The SMILES string of the molecule is Cc1ccc(NC(=O)c2c(O)c3c(Cl)cccc3n(C)c2=O)cc1. The van der Waals surface area contributed by atoms with Gasteiger partial charge >= 0.3 is 0 Å². The van der Waals surface area contributed by atoms with Gasteiger partial charge in [-0.15, -0.1) is 0 Å². The fourth-order valence-corrected chi connectivity index (χ4v) is 2.82. The zero-order valence-electron chi connectivity index (χ0n) is 13.1. The monoisotopic (exact) mass is 342 g/mol. The summed E-state index contributed by atoms with van der Waals surface area (Å²) < 4.78 is 1.30. The Labute approximate surface area is 143 Å². The number of aromatic nitrogens is 1. The lowest BCUT2D eigenvalue weighted by molar-refractivity contribution is 0.102. The molecule has 0 aliphatic heterocycles. The standard InChI is InChI=1S/C18H15ClN2O3/c1-10-6-8-11(9-7-10)20-17(23)15-16(22)14-12(19)4-3-5-13(14)21(2)18(15)24/h3-9,22H,1-2H3,(H,20,23). The number of halogens is 1. The van der Waals surface area contributed by atoms with Crippen LogP contribution in [0, 0.1) is 6.92 Å². The highest BCUT2D eigenvalue weighted by atomic mass is 35.5. The molecule has 0 aliphatic rings. The Bertz CT molecular complexity index is 1010. The van der Waals surface area contributed by atoms with Gasteiger partial charge in [0.05, 0.1) is 15.9 Å². The van der Waals surface area contributed by atoms with Gasteiger partial charge in [0.1, 0.15) is 11.3 Å². The first kappa shape index (κ1) is 16.1. The lowest BCUT2D eigenvalue weighted by Gasteiger charge is -2.13. The molecular weight excluding hydrogens is 328 g/mol. The molecule has 0 radical (unpaired) electrons. The average molecular weight is 343 g/mol. The number of aryl methyl sites for hydroxylation is 2. The van der Waals surface area contributed by atoms with Crippen molar-refractivity contribution in [3.05, 3.63) is 69.0 Å². The molecule has 24 heavy (non-hydrogen) atoms. The van der Waals surface area contributed by atoms with Gasteiger partial charge in [-0.1, -0.05) is 35.4 Å². The van der Waals surface area contributed by atoms with Crippen LogP contribution >= 0.6 is 11.6 Å². The third kappa shape index (κ3) is 2.63. The second kappa shape index (κ2) is 6.02. The minimum absolute atomic E-state index is 0.269. The smallest absolute Gasteiger partial charge is 0.267 e. The van der Waals surface area contributed by atoms with Crippen LogP contribution in [0.4, 0.5) is 5.69 Å². The lowest BCUT2D eigenvalue weighted by Crippen LogP contribution is -2.28. The van der Waals surface area contributed by atoms with Crippen LogP contribution in [0.3, 0.4) is 0 Å². The van der Waals surface area contributed by atoms with Gasteiger partial charge < -0.3 is 15.0 Å². The number of nitrogens with zero attached hydrogens (tertiary/aromatic N) is 1. The van der Waals surface area contributed by atoms with Crippen LogP contribution in [0.25, 0.3) is 10.9 Å². The number of benzene rings is 2. The fraction of sp³-hybridized carbons (Fsp3) is 0.111. The molecule has 0 saturated heterocycles. The molecule has 2 aromatic carbocycles. The van der Waals surface area contributed by atoms with Crippen LogP contribution in [-0.2, 0) is 7.05 Å². The largest absolute Gasteiger partial charge is 0.506 e. The van der Waals surface area contributed by atoms with Gasteiger partial charge in [-0.25, -0.2) is 0 Å². The van der Waals surface area contributed by atoms with Crippen molar-refractivity contribution in [2.24, 2.45) is 7.05 Å². The molecule has 2 N–H and O–H groups in total. The maximum absolute atomic E-state index is 12.5. The highest BCUT2D eigenvalue weighted by Gasteiger charge is 2.22. The summed E-state index contributed by atoms with van der Waals surface area (Å²) in [5, 5.41) is 13.6. The first-order valence-corrected chi connectivity index (χ1v) is 7.66. The average Bonchev–Trinajstić information content (AvgIpc) is 2.55. The fourth-order valence-electron chi connectivity index (χ4n) is 2.57. The second-order valence-corrected chi connectivity index (χ2v) is 5.95. The van der Waals surface area contributed by atoms with E-state index < -0.39 is 17.2 Å². The van der Waals surface area contributed by atoms with Crippen LogP contribution in [0.15, 0.2) is 47.3 Å². The van der Waals surface area contributed by atoms with Gasteiger partial charge in [0, 0.05) is 12.7 Å². The Morgan fingerprint density at radius 3 is 2.50 bits per heavy atom. The van der Waals surface area contributed by atoms with E-state index in [2.05, 4.69) is 5.32 Å². The minimum atomic E-state index is -0.682. The Hall–Kier alpha value is -2.79. The molecule has 5 nitrogen and oxygen atoms in total. The number of aromatic hydroxyl groups is 1. The Morgan fingerprint density at radius 1 is 1.17 bits per heavy atom. The van der Waals surface area contributed by atoms with E-state index in [9.17, 15) is 14.7 Å². The van der Waals surface area contributed by atoms with Gasteiger partial charge in [-0.2, -0.15) is 0 Å². The van der Waals surface area contributed by atoms with Crippen molar-refractivity contribution in [1.29, 1.82) is 0 Å². The molecule has 1 amide bonds. The molecular formula is C18H15ClN2O3. The summed E-state index contributed by atoms with van der Waals surface area (Å²) in [5.74, 6) is -1.10. The number of hydrogen-bond acceptors (Lipinski definition) is 3. The summed E-state index contributed by atoms with van der Waals surface area (Å²) in [5.41, 5.74) is 1.11. The molecule has 0 bridgehead atoms. The molecule has 0 saturated carbocycles. The van der Waals surface area contributed by atoms with Crippen molar-refractivity contribution in [2.75, 3.05) is 5.32 Å². The summed E-state index contributed by atoms with van der Waals surface area (Å²) in [6.07, 6.45) is 0. The summed E-state index contributed by atoms with van der Waals surface area (Å²) in [7, 11) is 1.53. The van der Waals surface area contributed by atoms with Gasteiger partial charge in [0.25, 0.3) is 11.5 Å². The van der Waals surface area contributed by atoms with Crippen LogP contribution in [0.2, 0.25) is 5.02 Å². The zero-order valence-corrected chi connectivity index (χ0v) is 13.9. The number of hydrogen-bond donors (Lipinski definition) is 2. The Balaban J connectivity index is 2.15. The molecule has 0 aliphatic carbocycles. The molecule has 0 atom stereocenters. The predicted molar refractivity (Wildman–Crippen MR) is 95.0 cm³/mol. The molecule has 122 valence electrons. The maximum atomic E-state index is 12.5.